The van der Waals surface area contributed by atoms with Crippen LogP contribution in [0.1, 0.15) is 33.6 Å². The molecule has 1 saturated carbocycles. The molecule has 96 valence electrons. The molecule has 1 aliphatic heterocycles. The van der Waals surface area contributed by atoms with Gasteiger partial charge in [0.15, 0.2) is 0 Å². The normalized spacial score (nSPS) is 41.2. The first-order chi connectivity index (χ1) is 7.87. The van der Waals surface area contributed by atoms with Crippen LogP contribution in [0.4, 0.5) is 0 Å². The van der Waals surface area contributed by atoms with Gasteiger partial charge in [-0.3, -0.25) is 9.59 Å². The van der Waals surface area contributed by atoms with Crippen LogP contribution in [-0.2, 0) is 14.3 Å². The molecular weight excluding hydrogens is 220 g/mol. The van der Waals surface area contributed by atoms with Crippen LogP contribution in [0.25, 0.3) is 0 Å². The Hall–Kier alpha value is -1.06. The van der Waals surface area contributed by atoms with Crippen LogP contribution in [0.3, 0.4) is 0 Å². The van der Waals surface area contributed by atoms with E-state index < -0.39 is 17.8 Å². The summed E-state index contributed by atoms with van der Waals surface area (Å²) in [6.07, 6.45) is 1.76. The molecule has 0 amide bonds. The van der Waals surface area contributed by atoms with Crippen molar-refractivity contribution in [3.63, 3.8) is 0 Å². The van der Waals surface area contributed by atoms with Crippen molar-refractivity contribution in [3.05, 3.63) is 0 Å². The molecule has 4 unspecified atom stereocenters. The second-order valence-corrected chi connectivity index (χ2v) is 6.05. The predicted octanol–water partition coefficient (Wildman–Crippen LogP) is 1.93. The topological polar surface area (TPSA) is 63.6 Å². The lowest BCUT2D eigenvalue weighted by Gasteiger charge is -2.42. The third-order valence-electron chi connectivity index (χ3n) is 4.56. The fourth-order valence-electron chi connectivity index (χ4n) is 3.50. The van der Waals surface area contributed by atoms with E-state index in [1.54, 1.807) is 0 Å². The Kier molecular flexibility index (Phi) is 2.92. The lowest BCUT2D eigenvalue weighted by molar-refractivity contribution is -0.158. The van der Waals surface area contributed by atoms with Gasteiger partial charge in [-0.2, -0.15) is 0 Å². The van der Waals surface area contributed by atoms with Crippen LogP contribution in [0.15, 0.2) is 0 Å². The minimum atomic E-state index is -0.849. The van der Waals surface area contributed by atoms with Crippen molar-refractivity contribution in [1.82, 2.24) is 0 Å². The van der Waals surface area contributed by atoms with Crippen molar-refractivity contribution in [1.29, 1.82) is 0 Å². The summed E-state index contributed by atoms with van der Waals surface area (Å²) in [5.41, 5.74) is -0.272. The maximum Gasteiger partial charge on any atom is 0.310 e. The van der Waals surface area contributed by atoms with Gasteiger partial charge < -0.3 is 9.84 Å². The molecule has 2 fully saturated rings. The first-order valence-corrected chi connectivity index (χ1v) is 6.26. The molecule has 4 heteroatoms. The third-order valence-corrected chi connectivity index (χ3v) is 4.56. The van der Waals surface area contributed by atoms with Gasteiger partial charge in [-0.15, -0.1) is 0 Å². The number of aliphatic carboxylic acids is 1. The molecule has 0 spiro atoms. The van der Waals surface area contributed by atoms with Crippen LogP contribution < -0.4 is 0 Å². The Morgan fingerprint density at radius 3 is 2.71 bits per heavy atom. The van der Waals surface area contributed by atoms with Gasteiger partial charge in [-0.1, -0.05) is 20.8 Å². The van der Waals surface area contributed by atoms with Crippen molar-refractivity contribution in [2.24, 2.45) is 29.1 Å². The Bertz CT molecular complexity index is 349. The van der Waals surface area contributed by atoms with Gasteiger partial charge in [-0.05, 0) is 24.7 Å². The van der Waals surface area contributed by atoms with Crippen LogP contribution in [0.5, 0.6) is 0 Å². The zero-order valence-corrected chi connectivity index (χ0v) is 10.6. The molecule has 1 aliphatic carbocycles. The number of fused-ring (bicyclic) bond motifs is 1. The molecule has 1 heterocycles. The van der Waals surface area contributed by atoms with E-state index in [9.17, 15) is 14.7 Å². The quantitative estimate of drug-likeness (QED) is 0.749. The highest BCUT2D eigenvalue weighted by atomic mass is 16.5. The molecule has 0 aromatic carbocycles. The second-order valence-electron chi connectivity index (χ2n) is 6.05. The van der Waals surface area contributed by atoms with Crippen molar-refractivity contribution in [3.8, 4) is 0 Å². The van der Waals surface area contributed by atoms with Crippen LogP contribution >= 0.6 is 0 Å². The number of hydrogen-bond acceptors (Lipinski definition) is 3. The van der Waals surface area contributed by atoms with Gasteiger partial charge in [0.05, 0.1) is 18.4 Å². The second kappa shape index (κ2) is 4.00. The van der Waals surface area contributed by atoms with Crippen LogP contribution in [0.2, 0.25) is 0 Å². The number of hydrogen-bond donors (Lipinski definition) is 1. The fourth-order valence-corrected chi connectivity index (χ4v) is 3.50. The highest BCUT2D eigenvalue weighted by Crippen LogP contribution is 2.52. The minimum absolute atomic E-state index is 0.0798. The van der Waals surface area contributed by atoms with Gasteiger partial charge >= 0.3 is 11.9 Å². The molecule has 0 aromatic heterocycles. The zero-order chi connectivity index (χ0) is 12.8. The molecule has 1 N–H and O–H groups in total. The summed E-state index contributed by atoms with van der Waals surface area (Å²) in [5, 5.41) is 9.43. The molecule has 4 atom stereocenters. The summed E-state index contributed by atoms with van der Waals surface area (Å²) in [6, 6.07) is 0. The summed E-state index contributed by atoms with van der Waals surface area (Å²) >= 11 is 0. The number of carboxylic acid groups (broad SMARTS) is 1. The summed E-state index contributed by atoms with van der Waals surface area (Å²) in [5.74, 6) is -1.83. The van der Waals surface area contributed by atoms with E-state index in [0.717, 1.165) is 12.8 Å². The lowest BCUT2D eigenvalue weighted by atomic mass is 9.58. The van der Waals surface area contributed by atoms with E-state index in [4.69, 9.17) is 4.74 Å². The third kappa shape index (κ3) is 1.83. The molecule has 0 aromatic rings. The Balaban J connectivity index is 2.36. The van der Waals surface area contributed by atoms with Gasteiger partial charge in [0.2, 0.25) is 0 Å². The molecule has 0 bridgehead atoms. The molecular formula is C13H20O4. The molecule has 2 aliphatic rings. The summed E-state index contributed by atoms with van der Waals surface area (Å²) in [6.45, 7) is 6.42. The SMILES string of the molecule is CC(C)C1CCC2(C)COC(=O)C2C1C(=O)O. The minimum Gasteiger partial charge on any atom is -0.481 e. The fraction of sp³-hybridized carbons (Fsp3) is 0.846. The van der Waals surface area contributed by atoms with Gasteiger partial charge in [-0.25, -0.2) is 0 Å². The van der Waals surface area contributed by atoms with Crippen molar-refractivity contribution < 1.29 is 19.4 Å². The van der Waals surface area contributed by atoms with E-state index in [1.165, 1.54) is 0 Å². The van der Waals surface area contributed by atoms with E-state index in [-0.39, 0.29) is 23.2 Å². The zero-order valence-electron chi connectivity index (χ0n) is 10.6. The highest BCUT2D eigenvalue weighted by Gasteiger charge is 2.58. The maximum atomic E-state index is 11.8. The summed E-state index contributed by atoms with van der Waals surface area (Å²) in [4.78, 5) is 23.3. The van der Waals surface area contributed by atoms with Gasteiger partial charge in [0.1, 0.15) is 0 Å². The standard InChI is InChI=1S/C13H20O4/c1-7(2)8-4-5-13(3)6-17-12(16)10(13)9(8)11(14)15/h7-10H,4-6H2,1-3H3,(H,14,15). The number of cyclic esters (lactones) is 1. The Labute approximate surface area is 101 Å². The molecule has 2 rings (SSSR count). The van der Waals surface area contributed by atoms with E-state index in [2.05, 4.69) is 0 Å². The average Bonchev–Trinajstić information content (AvgIpc) is 2.53. The summed E-state index contributed by atoms with van der Waals surface area (Å²) in [7, 11) is 0. The van der Waals surface area contributed by atoms with Gasteiger partial charge in [0.25, 0.3) is 0 Å². The average molecular weight is 240 g/mol. The molecule has 1 saturated heterocycles. The van der Waals surface area contributed by atoms with Crippen LogP contribution in [0, 0.1) is 29.1 Å². The van der Waals surface area contributed by atoms with Crippen molar-refractivity contribution in [2.45, 2.75) is 33.6 Å². The first kappa shape index (κ1) is 12.4. The number of carbonyl (C=O) groups excluding carboxylic acids is 1. The monoisotopic (exact) mass is 240 g/mol. The van der Waals surface area contributed by atoms with E-state index >= 15 is 0 Å². The maximum absolute atomic E-state index is 11.8. The molecule has 17 heavy (non-hydrogen) atoms. The summed E-state index contributed by atoms with van der Waals surface area (Å²) < 4.78 is 5.11. The number of ether oxygens (including phenoxy) is 1. The van der Waals surface area contributed by atoms with Crippen molar-refractivity contribution >= 4 is 11.9 Å². The molecule has 0 radical (unpaired) electrons. The van der Waals surface area contributed by atoms with E-state index in [0.29, 0.717) is 6.61 Å². The molecule has 4 nitrogen and oxygen atoms in total. The first-order valence-electron chi connectivity index (χ1n) is 6.26. The largest absolute Gasteiger partial charge is 0.481 e. The van der Waals surface area contributed by atoms with Crippen LogP contribution in [-0.4, -0.2) is 23.7 Å². The number of rotatable bonds is 2. The number of esters is 1. The predicted molar refractivity (Wildman–Crippen MR) is 61.2 cm³/mol. The highest BCUT2D eigenvalue weighted by molar-refractivity contribution is 5.83. The smallest absolute Gasteiger partial charge is 0.310 e. The van der Waals surface area contributed by atoms with E-state index in [1.807, 2.05) is 20.8 Å². The number of carbonyl (C=O) groups is 2. The van der Waals surface area contributed by atoms with Gasteiger partial charge in [0, 0.05) is 5.41 Å². The van der Waals surface area contributed by atoms with Crippen molar-refractivity contribution in [2.75, 3.05) is 6.61 Å². The Morgan fingerprint density at radius 1 is 1.53 bits per heavy atom. The number of carboxylic acids is 1. The Morgan fingerprint density at radius 2 is 2.18 bits per heavy atom. The lowest BCUT2D eigenvalue weighted by Crippen LogP contribution is -2.47.